The zero-order chi connectivity index (χ0) is 30.3. The number of hydrogen-bond acceptors (Lipinski definition) is 10. The molecule has 0 bridgehead atoms. The second-order valence-electron chi connectivity index (χ2n) is 11.4. The molecular weight excluding hydrogens is 564 g/mol. The van der Waals surface area contributed by atoms with Crippen LogP contribution in [-0.2, 0) is 16.0 Å². The Morgan fingerprint density at radius 3 is 2.79 bits per heavy atom. The minimum Gasteiger partial charge on any atom is -0.462 e. The zero-order valence-corrected chi connectivity index (χ0v) is 25.8. The van der Waals surface area contributed by atoms with Crippen LogP contribution in [0.4, 0.5) is 5.82 Å². The van der Waals surface area contributed by atoms with Crippen LogP contribution < -0.4 is 9.64 Å². The number of thioether (sulfide) groups is 1. The predicted molar refractivity (Wildman–Crippen MR) is 165 cm³/mol. The van der Waals surface area contributed by atoms with E-state index in [-0.39, 0.29) is 41.8 Å². The number of ether oxygens (including phenoxy) is 2. The highest BCUT2D eigenvalue weighted by atomic mass is 32.2. The van der Waals surface area contributed by atoms with E-state index in [2.05, 4.69) is 46.6 Å². The molecule has 1 amide bonds. The Kier molecular flexibility index (Phi) is 10.3. The number of aromatic nitrogens is 2. The summed E-state index contributed by atoms with van der Waals surface area (Å²) in [5.74, 6) is 0.452. The average molecular weight is 605 g/mol. The Morgan fingerprint density at radius 2 is 2.07 bits per heavy atom. The average Bonchev–Trinajstić information content (AvgIpc) is 3.46. The van der Waals surface area contributed by atoms with Gasteiger partial charge in [-0.2, -0.15) is 15.2 Å². The number of methoxy groups -OCH3 is 1. The number of piperazine rings is 1. The van der Waals surface area contributed by atoms with Gasteiger partial charge < -0.3 is 24.2 Å². The molecule has 3 aliphatic heterocycles. The van der Waals surface area contributed by atoms with Crippen LogP contribution in [0.3, 0.4) is 0 Å². The monoisotopic (exact) mass is 604 g/mol. The van der Waals surface area contributed by atoms with Crippen molar-refractivity contribution in [2.75, 3.05) is 51.8 Å². The molecular formula is C32H40N6O4S. The van der Waals surface area contributed by atoms with Crippen molar-refractivity contribution in [3.05, 3.63) is 53.7 Å². The highest BCUT2D eigenvalue weighted by Crippen LogP contribution is 2.44. The van der Waals surface area contributed by atoms with Crippen molar-refractivity contribution >= 4 is 29.8 Å². The van der Waals surface area contributed by atoms with E-state index in [0.717, 1.165) is 44.1 Å². The number of likely N-dealkylation sites (N-methyl/N-ethyl adjacent to an activating group) is 1. The normalized spacial score (nSPS) is 23.8. The minimum absolute atomic E-state index is 0.0235. The maximum Gasteiger partial charge on any atom is 0.319 e. The third-order valence-corrected chi connectivity index (χ3v) is 10.2. The molecule has 3 aliphatic rings. The molecule has 0 saturated carbocycles. The van der Waals surface area contributed by atoms with E-state index in [0.29, 0.717) is 44.2 Å². The fourth-order valence-electron chi connectivity index (χ4n) is 6.38. The van der Waals surface area contributed by atoms with Gasteiger partial charge >= 0.3 is 6.01 Å². The van der Waals surface area contributed by atoms with Gasteiger partial charge in [-0.3, -0.25) is 9.59 Å². The molecule has 4 heterocycles. The summed E-state index contributed by atoms with van der Waals surface area (Å²) < 4.78 is 11.9. The van der Waals surface area contributed by atoms with E-state index in [9.17, 15) is 14.9 Å². The Balaban J connectivity index is 1.42. The number of hydrogen-bond donors (Lipinski definition) is 0. The lowest BCUT2D eigenvalue weighted by atomic mass is 9.99. The molecule has 3 unspecified atom stereocenters. The van der Waals surface area contributed by atoms with Crippen LogP contribution in [-0.4, -0.2) is 96.2 Å². The SMILES string of the molecule is C=CC(=O)N1CCN(c2nc(OCC3CCCN3C)nc(C=O)c2CC[C@H]2CC(OC)c3ccccc3S2)CC1CC#N. The van der Waals surface area contributed by atoms with Crippen molar-refractivity contribution in [2.24, 2.45) is 0 Å². The zero-order valence-electron chi connectivity index (χ0n) is 25.0. The highest BCUT2D eigenvalue weighted by molar-refractivity contribution is 8.00. The van der Waals surface area contributed by atoms with Crippen molar-refractivity contribution in [2.45, 2.75) is 66.9 Å². The number of nitrogens with zero attached hydrogens (tertiary/aromatic N) is 6. The molecule has 4 atom stereocenters. The molecule has 2 fully saturated rings. The molecule has 2 saturated heterocycles. The first-order valence-corrected chi connectivity index (χ1v) is 15.9. The summed E-state index contributed by atoms with van der Waals surface area (Å²) >= 11 is 1.85. The van der Waals surface area contributed by atoms with Gasteiger partial charge in [-0.15, -0.1) is 11.8 Å². The van der Waals surface area contributed by atoms with Gasteiger partial charge in [-0.05, 0) is 63.4 Å². The number of fused-ring (bicyclic) bond motifs is 1. The van der Waals surface area contributed by atoms with Crippen molar-refractivity contribution in [3.63, 3.8) is 0 Å². The minimum atomic E-state index is -0.323. The second-order valence-corrected chi connectivity index (χ2v) is 12.7. The smallest absolute Gasteiger partial charge is 0.319 e. The standard InChI is InChI=1S/C32H40N6O4S/c1-4-30(40)38-17-16-37(19-22(38)13-14-33)31-25(12-11-24-18-28(41-3)26-9-5-6-10-29(26)43-24)27(20-39)34-32(35-31)42-21-23-8-7-15-36(23)2/h4-6,9-10,20,22-24,28H,1,7-8,11-13,15-19,21H2,2-3H3/t22?,23?,24-,28?/m0/s1. The number of likely N-dealkylation sites (tertiary alicyclic amines) is 1. The number of aldehydes is 1. The molecule has 10 nitrogen and oxygen atoms in total. The topological polar surface area (TPSA) is 112 Å². The van der Waals surface area contributed by atoms with Crippen molar-refractivity contribution in [1.82, 2.24) is 19.8 Å². The van der Waals surface area contributed by atoms with E-state index in [4.69, 9.17) is 14.5 Å². The first-order chi connectivity index (χ1) is 20.9. The fraction of sp³-hybridized carbons (Fsp3) is 0.531. The van der Waals surface area contributed by atoms with Crippen LogP contribution in [0.2, 0.25) is 0 Å². The number of nitriles is 1. The summed E-state index contributed by atoms with van der Waals surface area (Å²) in [6, 6.07) is 10.7. The number of rotatable bonds is 11. The highest BCUT2D eigenvalue weighted by Gasteiger charge is 2.33. The lowest BCUT2D eigenvalue weighted by molar-refractivity contribution is -0.128. The van der Waals surface area contributed by atoms with Crippen LogP contribution in [0.1, 0.15) is 59.8 Å². The Morgan fingerprint density at radius 1 is 1.23 bits per heavy atom. The Hall–Kier alpha value is -3.46. The van der Waals surface area contributed by atoms with Gasteiger partial charge in [0.25, 0.3) is 0 Å². The Labute approximate surface area is 258 Å². The van der Waals surface area contributed by atoms with Crippen LogP contribution in [0.15, 0.2) is 41.8 Å². The number of carbonyl (C=O) groups is 2. The third kappa shape index (κ3) is 7.03. The van der Waals surface area contributed by atoms with Gasteiger partial charge in [0, 0.05) is 48.5 Å². The number of benzene rings is 1. The van der Waals surface area contributed by atoms with Gasteiger partial charge in [0.15, 0.2) is 6.29 Å². The van der Waals surface area contributed by atoms with Gasteiger partial charge in [0.2, 0.25) is 5.91 Å². The summed E-state index contributed by atoms with van der Waals surface area (Å²) in [7, 11) is 3.84. The van der Waals surface area contributed by atoms with E-state index < -0.39 is 0 Å². The molecule has 43 heavy (non-hydrogen) atoms. The van der Waals surface area contributed by atoms with Crippen LogP contribution in [0.25, 0.3) is 0 Å². The summed E-state index contributed by atoms with van der Waals surface area (Å²) in [6.07, 6.45) is 6.73. The van der Waals surface area contributed by atoms with Gasteiger partial charge in [-0.25, -0.2) is 0 Å². The van der Waals surface area contributed by atoms with E-state index in [1.165, 1.54) is 16.5 Å². The van der Waals surface area contributed by atoms with Crippen molar-refractivity contribution < 1.29 is 19.1 Å². The number of amides is 1. The summed E-state index contributed by atoms with van der Waals surface area (Å²) in [6.45, 7) is 6.45. The number of carbonyl (C=O) groups excluding carboxylic acids is 2. The maximum atomic E-state index is 12.5. The lowest BCUT2D eigenvalue weighted by Gasteiger charge is -2.41. The molecule has 228 valence electrons. The first kappa shape index (κ1) is 31.0. The van der Waals surface area contributed by atoms with Crippen molar-refractivity contribution in [3.8, 4) is 12.1 Å². The van der Waals surface area contributed by atoms with Crippen LogP contribution >= 0.6 is 11.8 Å². The molecule has 2 aromatic rings. The fourth-order valence-corrected chi connectivity index (χ4v) is 7.74. The first-order valence-electron chi connectivity index (χ1n) is 15.0. The van der Waals surface area contributed by atoms with E-state index in [1.807, 2.05) is 23.9 Å². The molecule has 0 spiro atoms. The van der Waals surface area contributed by atoms with Gasteiger partial charge in [-0.1, -0.05) is 24.8 Å². The lowest BCUT2D eigenvalue weighted by Crippen LogP contribution is -2.55. The van der Waals surface area contributed by atoms with Crippen LogP contribution in [0, 0.1) is 11.3 Å². The molecule has 0 N–H and O–H groups in total. The summed E-state index contributed by atoms with van der Waals surface area (Å²) in [5.41, 5.74) is 2.31. The molecule has 0 radical (unpaired) electrons. The predicted octanol–water partition coefficient (Wildman–Crippen LogP) is 4.06. The number of anilines is 1. The van der Waals surface area contributed by atoms with Crippen molar-refractivity contribution in [1.29, 1.82) is 5.26 Å². The second kappa shape index (κ2) is 14.3. The molecule has 5 rings (SSSR count). The van der Waals surface area contributed by atoms with Gasteiger partial charge in [0.05, 0.1) is 24.6 Å². The Bertz CT molecular complexity index is 1370. The van der Waals surface area contributed by atoms with E-state index in [1.54, 1.807) is 12.0 Å². The molecule has 1 aromatic heterocycles. The molecule has 11 heteroatoms. The molecule has 1 aromatic carbocycles. The maximum absolute atomic E-state index is 12.5. The van der Waals surface area contributed by atoms with E-state index >= 15 is 0 Å². The summed E-state index contributed by atoms with van der Waals surface area (Å²) in [4.78, 5) is 41.7. The quantitative estimate of drug-likeness (QED) is 0.275. The van der Waals surface area contributed by atoms with Crippen LogP contribution in [0.5, 0.6) is 6.01 Å². The largest absolute Gasteiger partial charge is 0.462 e. The third-order valence-electron chi connectivity index (χ3n) is 8.79. The summed E-state index contributed by atoms with van der Waals surface area (Å²) in [5, 5.41) is 9.81. The van der Waals surface area contributed by atoms with Gasteiger partial charge in [0.1, 0.15) is 18.1 Å². The molecule has 0 aliphatic carbocycles.